The summed E-state index contributed by atoms with van der Waals surface area (Å²) in [7, 11) is 1.97. The van der Waals surface area contributed by atoms with Gasteiger partial charge in [0.05, 0.1) is 0 Å². The number of imidazole rings is 1. The van der Waals surface area contributed by atoms with E-state index in [4.69, 9.17) is 11.6 Å². The van der Waals surface area contributed by atoms with Gasteiger partial charge in [-0.05, 0) is 12.1 Å². The first-order chi connectivity index (χ1) is 6.59. The minimum Gasteiger partial charge on any atom is -0.316 e. The summed E-state index contributed by atoms with van der Waals surface area (Å²) in [5.74, 6) is 1.43. The monoisotopic (exact) mass is 209 g/mol. The van der Waals surface area contributed by atoms with Crippen molar-refractivity contribution in [2.45, 2.75) is 19.8 Å². The number of aromatic nitrogens is 3. The molecule has 2 heterocycles. The predicted molar refractivity (Wildman–Crippen MR) is 57.6 cm³/mol. The minimum atomic E-state index is 0.396. The van der Waals surface area contributed by atoms with Crippen molar-refractivity contribution in [2.75, 3.05) is 0 Å². The molecule has 0 bridgehead atoms. The second kappa shape index (κ2) is 3.24. The van der Waals surface area contributed by atoms with Gasteiger partial charge in [-0.2, -0.15) is 0 Å². The Morgan fingerprint density at radius 1 is 1.29 bits per heavy atom. The molecule has 0 radical (unpaired) electrons. The lowest BCUT2D eigenvalue weighted by molar-refractivity contribution is 0.719. The summed E-state index contributed by atoms with van der Waals surface area (Å²) in [6.07, 6.45) is 0. The highest BCUT2D eigenvalue weighted by Gasteiger charge is 2.11. The third kappa shape index (κ3) is 1.38. The quantitative estimate of drug-likeness (QED) is 0.677. The topological polar surface area (TPSA) is 30.7 Å². The summed E-state index contributed by atoms with van der Waals surface area (Å²) in [4.78, 5) is 8.74. The third-order valence-corrected chi connectivity index (χ3v) is 2.44. The van der Waals surface area contributed by atoms with E-state index in [1.54, 1.807) is 6.07 Å². The average Bonchev–Trinajstić information content (AvgIpc) is 2.44. The van der Waals surface area contributed by atoms with Gasteiger partial charge < -0.3 is 4.57 Å². The standard InChI is InChI=1S/C10H12ClN3/c1-6(2)9-12-7-4-5-8(11)13-10(7)14(9)3/h4-6H,1-3H3. The van der Waals surface area contributed by atoms with E-state index in [0.717, 1.165) is 17.0 Å². The van der Waals surface area contributed by atoms with Crippen LogP contribution in [-0.4, -0.2) is 14.5 Å². The molecule has 0 saturated carbocycles. The van der Waals surface area contributed by atoms with Gasteiger partial charge in [-0.3, -0.25) is 0 Å². The van der Waals surface area contributed by atoms with Gasteiger partial charge in [0.15, 0.2) is 5.65 Å². The number of hydrogen-bond acceptors (Lipinski definition) is 2. The Labute approximate surface area is 87.7 Å². The Morgan fingerprint density at radius 3 is 2.64 bits per heavy atom. The molecule has 0 N–H and O–H groups in total. The van der Waals surface area contributed by atoms with Crippen LogP contribution in [0.25, 0.3) is 11.2 Å². The summed E-state index contributed by atoms with van der Waals surface area (Å²) in [5.41, 5.74) is 1.75. The van der Waals surface area contributed by atoms with E-state index < -0.39 is 0 Å². The van der Waals surface area contributed by atoms with Gasteiger partial charge in [0.25, 0.3) is 0 Å². The zero-order valence-corrected chi connectivity index (χ0v) is 9.21. The van der Waals surface area contributed by atoms with Crippen LogP contribution in [0.15, 0.2) is 12.1 Å². The molecule has 0 aromatic carbocycles. The Bertz CT molecular complexity index is 473. The zero-order chi connectivity index (χ0) is 10.3. The highest BCUT2D eigenvalue weighted by molar-refractivity contribution is 6.29. The Kier molecular flexibility index (Phi) is 2.19. The van der Waals surface area contributed by atoms with Crippen molar-refractivity contribution in [3.63, 3.8) is 0 Å². The molecule has 0 unspecified atom stereocenters. The fourth-order valence-electron chi connectivity index (χ4n) is 1.58. The fraction of sp³-hybridized carbons (Fsp3) is 0.400. The first kappa shape index (κ1) is 9.46. The Morgan fingerprint density at radius 2 is 2.00 bits per heavy atom. The normalized spacial score (nSPS) is 11.5. The van der Waals surface area contributed by atoms with Gasteiger partial charge in [-0.15, -0.1) is 0 Å². The van der Waals surface area contributed by atoms with Crippen LogP contribution < -0.4 is 0 Å². The first-order valence-electron chi connectivity index (χ1n) is 4.58. The van der Waals surface area contributed by atoms with E-state index in [1.165, 1.54) is 0 Å². The largest absolute Gasteiger partial charge is 0.316 e. The molecular formula is C10H12ClN3. The molecule has 2 rings (SSSR count). The van der Waals surface area contributed by atoms with Crippen molar-refractivity contribution in [2.24, 2.45) is 7.05 Å². The maximum absolute atomic E-state index is 5.83. The van der Waals surface area contributed by atoms with Crippen molar-refractivity contribution in [3.05, 3.63) is 23.1 Å². The lowest BCUT2D eigenvalue weighted by Crippen LogP contribution is -2.00. The predicted octanol–water partition coefficient (Wildman–Crippen LogP) is 2.75. The van der Waals surface area contributed by atoms with E-state index in [-0.39, 0.29) is 0 Å². The van der Waals surface area contributed by atoms with Crippen LogP contribution in [0.5, 0.6) is 0 Å². The highest BCUT2D eigenvalue weighted by atomic mass is 35.5. The molecule has 0 saturated heterocycles. The molecule has 2 aromatic heterocycles. The second-order valence-electron chi connectivity index (χ2n) is 3.66. The molecule has 0 aliphatic carbocycles. The lowest BCUT2D eigenvalue weighted by Gasteiger charge is -2.03. The third-order valence-electron chi connectivity index (χ3n) is 2.23. The molecule has 74 valence electrons. The summed E-state index contributed by atoms with van der Waals surface area (Å²) in [6.45, 7) is 4.23. The molecule has 0 amide bonds. The molecule has 0 aliphatic heterocycles. The second-order valence-corrected chi connectivity index (χ2v) is 4.05. The van der Waals surface area contributed by atoms with Gasteiger partial charge in [-0.25, -0.2) is 9.97 Å². The SMILES string of the molecule is CC(C)c1nc2ccc(Cl)nc2n1C. The molecular weight excluding hydrogens is 198 g/mol. The number of aryl methyl sites for hydroxylation is 1. The van der Waals surface area contributed by atoms with E-state index in [2.05, 4.69) is 23.8 Å². The van der Waals surface area contributed by atoms with E-state index in [0.29, 0.717) is 11.1 Å². The average molecular weight is 210 g/mol. The molecule has 0 atom stereocenters. The van der Waals surface area contributed by atoms with Crippen molar-refractivity contribution in [1.29, 1.82) is 0 Å². The molecule has 0 fully saturated rings. The number of fused-ring (bicyclic) bond motifs is 1. The highest BCUT2D eigenvalue weighted by Crippen LogP contribution is 2.20. The summed E-state index contributed by atoms with van der Waals surface area (Å²) >= 11 is 5.83. The van der Waals surface area contributed by atoms with Crippen LogP contribution in [-0.2, 0) is 7.05 Å². The minimum absolute atomic E-state index is 0.396. The number of halogens is 1. The smallest absolute Gasteiger partial charge is 0.161 e. The van der Waals surface area contributed by atoms with Crippen molar-refractivity contribution in [1.82, 2.24) is 14.5 Å². The molecule has 0 spiro atoms. The zero-order valence-electron chi connectivity index (χ0n) is 8.45. The van der Waals surface area contributed by atoms with Crippen molar-refractivity contribution in [3.8, 4) is 0 Å². The Hall–Kier alpha value is -1.09. The van der Waals surface area contributed by atoms with Crippen LogP contribution in [0.2, 0.25) is 5.15 Å². The van der Waals surface area contributed by atoms with Crippen molar-refractivity contribution >= 4 is 22.8 Å². The lowest BCUT2D eigenvalue weighted by atomic mass is 10.2. The summed E-state index contributed by atoms with van der Waals surface area (Å²) in [6, 6.07) is 3.66. The molecule has 3 nitrogen and oxygen atoms in total. The fourth-order valence-corrected chi connectivity index (χ4v) is 1.72. The summed E-state index contributed by atoms with van der Waals surface area (Å²) in [5, 5.41) is 0.510. The van der Waals surface area contributed by atoms with Gasteiger partial charge in [-0.1, -0.05) is 25.4 Å². The molecule has 2 aromatic rings. The van der Waals surface area contributed by atoms with Crippen LogP contribution in [0.1, 0.15) is 25.6 Å². The maximum atomic E-state index is 5.83. The van der Waals surface area contributed by atoms with Gasteiger partial charge in [0.2, 0.25) is 0 Å². The van der Waals surface area contributed by atoms with Crippen LogP contribution in [0.4, 0.5) is 0 Å². The van der Waals surface area contributed by atoms with E-state index in [9.17, 15) is 0 Å². The number of rotatable bonds is 1. The maximum Gasteiger partial charge on any atom is 0.161 e. The molecule has 0 aliphatic rings. The van der Waals surface area contributed by atoms with E-state index >= 15 is 0 Å². The number of pyridine rings is 1. The first-order valence-corrected chi connectivity index (χ1v) is 4.96. The van der Waals surface area contributed by atoms with Crippen LogP contribution in [0.3, 0.4) is 0 Å². The van der Waals surface area contributed by atoms with Gasteiger partial charge >= 0.3 is 0 Å². The molecule has 14 heavy (non-hydrogen) atoms. The number of hydrogen-bond donors (Lipinski definition) is 0. The van der Waals surface area contributed by atoms with Crippen LogP contribution >= 0.6 is 11.6 Å². The van der Waals surface area contributed by atoms with Gasteiger partial charge in [0.1, 0.15) is 16.5 Å². The Balaban J connectivity index is 2.74. The summed E-state index contributed by atoms with van der Waals surface area (Å²) < 4.78 is 1.99. The number of nitrogens with zero attached hydrogens (tertiary/aromatic N) is 3. The van der Waals surface area contributed by atoms with Crippen LogP contribution in [0, 0.1) is 0 Å². The molecule has 4 heteroatoms. The van der Waals surface area contributed by atoms with Gasteiger partial charge in [0, 0.05) is 13.0 Å². The van der Waals surface area contributed by atoms with E-state index in [1.807, 2.05) is 17.7 Å². The van der Waals surface area contributed by atoms with Crippen molar-refractivity contribution < 1.29 is 0 Å².